The number of rotatable bonds is 13. The number of hydrogen-bond acceptors (Lipinski definition) is 6. The SMILES string of the molecule is CCNc1ccc(C(=C2C=CC(=[N+](CC)Cc3cccc(S(=O)(=O)O)c3)C=C2)c2ccc(N(CC)Cc3cccc(S(=O)(=O)O)c3)cc2)cc1. The molecule has 260 valence electrons. The number of benzene rings is 4. The molecule has 5 rings (SSSR count). The van der Waals surface area contributed by atoms with Crippen molar-refractivity contribution in [2.75, 3.05) is 29.9 Å². The first-order chi connectivity index (χ1) is 23.9. The Kier molecular flexibility index (Phi) is 11.5. The van der Waals surface area contributed by atoms with Crippen LogP contribution in [0.2, 0.25) is 0 Å². The highest BCUT2D eigenvalue weighted by Crippen LogP contribution is 2.32. The van der Waals surface area contributed by atoms with Gasteiger partial charge >= 0.3 is 0 Å². The van der Waals surface area contributed by atoms with Crippen LogP contribution < -0.4 is 10.2 Å². The third-order valence-corrected chi connectivity index (χ3v) is 10.2. The van der Waals surface area contributed by atoms with E-state index in [9.17, 15) is 25.9 Å². The van der Waals surface area contributed by atoms with Gasteiger partial charge in [-0.15, -0.1) is 0 Å². The Balaban J connectivity index is 1.48. The van der Waals surface area contributed by atoms with E-state index in [1.807, 2.05) is 26.0 Å². The predicted octanol–water partition coefficient (Wildman–Crippen LogP) is 7.24. The number of nitrogens with zero attached hydrogens (tertiary/aromatic N) is 2. The normalized spacial score (nSPS) is 13.0. The van der Waals surface area contributed by atoms with Crippen molar-refractivity contribution in [2.24, 2.45) is 0 Å². The van der Waals surface area contributed by atoms with E-state index in [4.69, 9.17) is 0 Å². The van der Waals surface area contributed by atoms with E-state index >= 15 is 0 Å². The number of nitrogens with one attached hydrogen (secondary N) is 1. The third kappa shape index (κ3) is 9.05. The van der Waals surface area contributed by atoms with Crippen molar-refractivity contribution in [1.82, 2.24) is 0 Å². The largest absolute Gasteiger partial charge is 0.385 e. The van der Waals surface area contributed by atoms with E-state index in [0.29, 0.717) is 26.2 Å². The van der Waals surface area contributed by atoms with Crippen molar-refractivity contribution >= 4 is 42.9 Å². The Hall–Kier alpha value is -4.81. The van der Waals surface area contributed by atoms with Crippen molar-refractivity contribution in [3.05, 3.63) is 149 Å². The summed E-state index contributed by atoms with van der Waals surface area (Å²) in [4.78, 5) is 1.89. The molecule has 4 aromatic rings. The second kappa shape index (κ2) is 15.8. The topological polar surface area (TPSA) is 127 Å². The van der Waals surface area contributed by atoms with E-state index in [1.165, 1.54) is 24.3 Å². The number of anilines is 2. The summed E-state index contributed by atoms with van der Waals surface area (Å²) >= 11 is 0. The van der Waals surface area contributed by atoms with E-state index < -0.39 is 20.2 Å². The van der Waals surface area contributed by atoms with Gasteiger partial charge in [-0.05, 0) is 109 Å². The van der Waals surface area contributed by atoms with Crippen molar-refractivity contribution < 1.29 is 30.5 Å². The van der Waals surface area contributed by atoms with Gasteiger partial charge in [0.25, 0.3) is 20.2 Å². The van der Waals surface area contributed by atoms with Crippen LogP contribution in [0.15, 0.2) is 137 Å². The van der Waals surface area contributed by atoms with Crippen molar-refractivity contribution in [2.45, 2.75) is 43.7 Å². The Morgan fingerprint density at radius 3 is 1.76 bits per heavy atom. The van der Waals surface area contributed by atoms with E-state index in [1.54, 1.807) is 12.1 Å². The van der Waals surface area contributed by atoms with Crippen LogP contribution in [0.3, 0.4) is 0 Å². The molecule has 4 aromatic carbocycles. The minimum atomic E-state index is -4.29. The van der Waals surface area contributed by atoms with Gasteiger partial charge < -0.3 is 10.2 Å². The minimum absolute atomic E-state index is 0.125. The molecule has 1 aliphatic rings. The zero-order chi connectivity index (χ0) is 35.9. The monoisotopic (exact) mass is 712 g/mol. The summed E-state index contributed by atoms with van der Waals surface area (Å²) in [6, 6.07) is 29.4. The lowest BCUT2D eigenvalue weighted by Gasteiger charge is -2.24. The first kappa shape index (κ1) is 36.5. The Morgan fingerprint density at radius 2 is 1.24 bits per heavy atom. The Bertz CT molecular complexity index is 2170. The molecule has 0 heterocycles. The van der Waals surface area contributed by atoms with Gasteiger partial charge in [-0.1, -0.05) is 48.5 Å². The van der Waals surface area contributed by atoms with Crippen LogP contribution in [-0.4, -0.2) is 55.9 Å². The highest BCUT2D eigenvalue weighted by Gasteiger charge is 2.18. The molecule has 0 fully saturated rings. The molecule has 1 aliphatic carbocycles. The summed E-state index contributed by atoms with van der Waals surface area (Å²) in [6.07, 6.45) is 8.31. The van der Waals surface area contributed by atoms with Crippen molar-refractivity contribution in [1.29, 1.82) is 0 Å². The summed E-state index contributed by atoms with van der Waals surface area (Å²) in [5.74, 6) is 0. The zero-order valence-electron chi connectivity index (χ0n) is 28.3. The van der Waals surface area contributed by atoms with Crippen LogP contribution >= 0.6 is 0 Å². The maximum atomic E-state index is 11.7. The van der Waals surface area contributed by atoms with E-state index in [2.05, 4.69) is 94.6 Å². The molecule has 11 heteroatoms. The van der Waals surface area contributed by atoms with Gasteiger partial charge in [0.2, 0.25) is 0 Å². The third-order valence-electron chi connectivity index (χ3n) is 8.50. The quantitative estimate of drug-likeness (QED) is 0.0979. The van der Waals surface area contributed by atoms with Gasteiger partial charge in [0, 0.05) is 48.7 Å². The Morgan fingerprint density at radius 1 is 0.700 bits per heavy atom. The molecule has 0 saturated carbocycles. The van der Waals surface area contributed by atoms with Crippen molar-refractivity contribution in [3.63, 3.8) is 0 Å². The molecule has 0 radical (unpaired) electrons. The van der Waals surface area contributed by atoms with Gasteiger partial charge in [-0.3, -0.25) is 9.11 Å². The second-order valence-corrected chi connectivity index (χ2v) is 14.7. The molecule has 0 aromatic heterocycles. The van der Waals surface area contributed by atoms with Crippen LogP contribution in [0.1, 0.15) is 43.0 Å². The van der Waals surface area contributed by atoms with Crippen LogP contribution in [0.25, 0.3) is 5.57 Å². The summed E-state index contributed by atoms with van der Waals surface area (Å²) in [5.41, 5.74) is 8.68. The van der Waals surface area contributed by atoms with Crippen LogP contribution in [0.4, 0.5) is 11.4 Å². The summed E-state index contributed by atoms with van der Waals surface area (Å²) < 4.78 is 67.9. The highest BCUT2D eigenvalue weighted by atomic mass is 32.2. The average Bonchev–Trinajstić information content (AvgIpc) is 3.11. The molecule has 0 bridgehead atoms. The molecular weight excluding hydrogens is 671 g/mol. The molecule has 0 saturated heterocycles. The van der Waals surface area contributed by atoms with Crippen LogP contribution in [0, 0.1) is 0 Å². The van der Waals surface area contributed by atoms with Gasteiger partial charge in [0.15, 0.2) is 12.3 Å². The fourth-order valence-corrected chi connectivity index (χ4v) is 7.06. The van der Waals surface area contributed by atoms with Gasteiger partial charge in [0.1, 0.15) is 6.54 Å². The van der Waals surface area contributed by atoms with Gasteiger partial charge in [-0.25, -0.2) is 4.58 Å². The molecule has 9 nitrogen and oxygen atoms in total. The first-order valence-corrected chi connectivity index (χ1v) is 19.3. The Labute approximate surface area is 295 Å². The molecule has 0 unspecified atom stereocenters. The lowest BCUT2D eigenvalue weighted by Crippen LogP contribution is -2.22. The summed E-state index contributed by atoms with van der Waals surface area (Å²) in [5, 5.41) is 3.35. The average molecular weight is 713 g/mol. The number of hydrogen-bond donors (Lipinski definition) is 3. The van der Waals surface area contributed by atoms with Gasteiger partial charge in [0.05, 0.1) is 9.79 Å². The lowest BCUT2D eigenvalue weighted by molar-refractivity contribution is -0.539. The standard InChI is InChI=1S/C39H41N3O6S2/c1-4-40-34-19-13-31(14-20-34)39(32-15-21-35(22-16-32)41(5-2)27-29-9-7-11-37(25-29)49(43,44)45)33-17-23-36(24-18-33)42(6-3)28-30-10-8-12-38(26-30)50(46,47)48/h7-26H,4-6,27-28H2,1-3H3,(H2,43,44,45,46,47,48)/p+1. The maximum absolute atomic E-state index is 11.7. The molecule has 0 spiro atoms. The molecule has 0 atom stereocenters. The first-order valence-electron chi connectivity index (χ1n) is 16.4. The molecule has 50 heavy (non-hydrogen) atoms. The lowest BCUT2D eigenvalue weighted by atomic mass is 9.90. The fourth-order valence-electron chi connectivity index (χ4n) is 5.96. The van der Waals surface area contributed by atoms with Gasteiger partial charge in [-0.2, -0.15) is 16.8 Å². The highest BCUT2D eigenvalue weighted by molar-refractivity contribution is 7.86. The number of allylic oxidation sites excluding steroid dienone is 5. The maximum Gasteiger partial charge on any atom is 0.294 e. The molecule has 0 aliphatic heterocycles. The smallest absolute Gasteiger partial charge is 0.294 e. The minimum Gasteiger partial charge on any atom is -0.385 e. The summed E-state index contributed by atoms with van der Waals surface area (Å²) in [6.45, 7) is 9.27. The van der Waals surface area contributed by atoms with Crippen LogP contribution in [-0.2, 0) is 33.3 Å². The molecule has 0 amide bonds. The predicted molar refractivity (Wildman–Crippen MR) is 200 cm³/mol. The van der Waals surface area contributed by atoms with Crippen LogP contribution in [0.5, 0.6) is 0 Å². The van der Waals surface area contributed by atoms with Crippen molar-refractivity contribution in [3.8, 4) is 0 Å². The van der Waals surface area contributed by atoms with E-state index in [0.717, 1.165) is 57.0 Å². The second-order valence-electron chi connectivity index (χ2n) is 11.8. The summed E-state index contributed by atoms with van der Waals surface area (Å²) in [7, 11) is -8.59. The molecular formula is C39H42N3O6S2+. The fraction of sp³-hybridized carbons (Fsp3) is 0.205. The molecule has 3 N–H and O–H groups in total. The van der Waals surface area contributed by atoms with E-state index in [-0.39, 0.29) is 9.79 Å². The zero-order valence-corrected chi connectivity index (χ0v) is 30.0.